The van der Waals surface area contributed by atoms with Gasteiger partial charge in [0.1, 0.15) is 11.5 Å². The van der Waals surface area contributed by atoms with Crippen LogP contribution in [0.5, 0.6) is 0 Å². The Bertz CT molecular complexity index is 433. The van der Waals surface area contributed by atoms with Gasteiger partial charge in [-0.3, -0.25) is 4.79 Å². The van der Waals surface area contributed by atoms with E-state index in [1.807, 2.05) is 0 Å². The van der Waals surface area contributed by atoms with Crippen molar-refractivity contribution in [3.8, 4) is 0 Å². The molecule has 0 saturated carbocycles. The SMILES string of the molecule is Nc1ccc(Cl)c(C(=O)NCCC2CCOC2)n1. The molecule has 0 aliphatic carbocycles. The van der Waals surface area contributed by atoms with Crippen LogP contribution in [0.2, 0.25) is 5.02 Å². The van der Waals surface area contributed by atoms with E-state index in [2.05, 4.69) is 10.3 Å². The van der Waals surface area contributed by atoms with Crippen molar-refractivity contribution in [3.05, 3.63) is 22.8 Å². The average molecular weight is 270 g/mol. The zero-order valence-electron chi connectivity index (χ0n) is 9.99. The molecule has 1 aliphatic rings. The zero-order valence-corrected chi connectivity index (χ0v) is 10.7. The molecule has 3 N–H and O–H groups in total. The largest absolute Gasteiger partial charge is 0.384 e. The van der Waals surface area contributed by atoms with Crippen LogP contribution >= 0.6 is 11.6 Å². The third-order valence-corrected chi connectivity index (χ3v) is 3.25. The summed E-state index contributed by atoms with van der Waals surface area (Å²) < 4.78 is 5.27. The topological polar surface area (TPSA) is 77.2 Å². The first kappa shape index (κ1) is 13.1. The van der Waals surface area contributed by atoms with E-state index in [4.69, 9.17) is 22.1 Å². The summed E-state index contributed by atoms with van der Waals surface area (Å²) in [6.45, 7) is 2.20. The summed E-state index contributed by atoms with van der Waals surface area (Å²) in [7, 11) is 0. The van der Waals surface area contributed by atoms with E-state index in [1.54, 1.807) is 12.1 Å². The fourth-order valence-corrected chi connectivity index (χ4v) is 2.09. The number of aromatic nitrogens is 1. The molecule has 1 fully saturated rings. The number of nitrogens with one attached hydrogen (secondary N) is 1. The first-order valence-electron chi connectivity index (χ1n) is 5.95. The van der Waals surface area contributed by atoms with Crippen LogP contribution in [0.25, 0.3) is 0 Å². The normalized spacial score (nSPS) is 18.8. The second-order valence-corrected chi connectivity index (χ2v) is 4.75. The molecule has 6 heteroatoms. The Hall–Kier alpha value is -1.33. The third kappa shape index (κ3) is 3.34. The van der Waals surface area contributed by atoms with Crippen molar-refractivity contribution < 1.29 is 9.53 Å². The number of carbonyl (C=O) groups excluding carboxylic acids is 1. The molecule has 2 rings (SSSR count). The van der Waals surface area contributed by atoms with E-state index in [0.29, 0.717) is 17.5 Å². The highest BCUT2D eigenvalue weighted by molar-refractivity contribution is 6.33. The van der Waals surface area contributed by atoms with Gasteiger partial charge in [0.15, 0.2) is 0 Å². The van der Waals surface area contributed by atoms with Crippen LogP contribution in [0.4, 0.5) is 5.82 Å². The molecule has 18 heavy (non-hydrogen) atoms. The maximum Gasteiger partial charge on any atom is 0.271 e. The molecule has 1 aliphatic heterocycles. The molecule has 1 atom stereocenters. The van der Waals surface area contributed by atoms with Gasteiger partial charge in [-0.1, -0.05) is 11.6 Å². The molecule has 2 heterocycles. The molecule has 0 bridgehead atoms. The molecule has 98 valence electrons. The fourth-order valence-electron chi connectivity index (χ4n) is 1.90. The van der Waals surface area contributed by atoms with Crippen molar-refractivity contribution in [2.75, 3.05) is 25.5 Å². The number of ether oxygens (including phenoxy) is 1. The predicted octanol–water partition coefficient (Wildman–Crippen LogP) is 1.47. The Morgan fingerprint density at radius 2 is 2.44 bits per heavy atom. The number of hydrogen-bond donors (Lipinski definition) is 2. The number of halogens is 1. The Labute approximate surface area is 111 Å². The summed E-state index contributed by atoms with van der Waals surface area (Å²) in [6, 6.07) is 3.14. The molecule has 5 nitrogen and oxygen atoms in total. The lowest BCUT2D eigenvalue weighted by Crippen LogP contribution is -2.27. The van der Waals surface area contributed by atoms with Crippen LogP contribution in [0.1, 0.15) is 23.3 Å². The fraction of sp³-hybridized carbons (Fsp3) is 0.500. The van der Waals surface area contributed by atoms with E-state index in [1.165, 1.54) is 0 Å². The molecule has 1 saturated heterocycles. The number of carbonyl (C=O) groups is 1. The van der Waals surface area contributed by atoms with Crippen LogP contribution < -0.4 is 11.1 Å². The Kier molecular flexibility index (Phi) is 4.38. The van der Waals surface area contributed by atoms with Gasteiger partial charge in [-0.25, -0.2) is 4.98 Å². The Morgan fingerprint density at radius 1 is 1.61 bits per heavy atom. The van der Waals surface area contributed by atoms with E-state index < -0.39 is 0 Å². The van der Waals surface area contributed by atoms with E-state index in [0.717, 1.165) is 26.1 Å². The predicted molar refractivity (Wildman–Crippen MR) is 69.5 cm³/mol. The molecular formula is C12H16ClN3O2. The smallest absolute Gasteiger partial charge is 0.271 e. The van der Waals surface area contributed by atoms with Gasteiger partial charge in [-0.15, -0.1) is 0 Å². The summed E-state index contributed by atoms with van der Waals surface area (Å²) in [6.07, 6.45) is 1.97. The molecule has 0 aromatic carbocycles. The van der Waals surface area contributed by atoms with Crippen LogP contribution in [-0.2, 0) is 4.74 Å². The highest BCUT2D eigenvalue weighted by Crippen LogP contribution is 2.17. The molecule has 0 spiro atoms. The first-order chi connectivity index (χ1) is 8.66. The monoisotopic (exact) mass is 269 g/mol. The summed E-state index contributed by atoms with van der Waals surface area (Å²) in [5.74, 6) is 0.537. The van der Waals surface area contributed by atoms with Crippen molar-refractivity contribution >= 4 is 23.3 Å². The van der Waals surface area contributed by atoms with Gasteiger partial charge in [0, 0.05) is 19.8 Å². The van der Waals surface area contributed by atoms with Crippen molar-refractivity contribution in [2.24, 2.45) is 5.92 Å². The van der Waals surface area contributed by atoms with Gasteiger partial charge in [0.2, 0.25) is 0 Å². The van der Waals surface area contributed by atoms with Gasteiger partial charge in [0.25, 0.3) is 5.91 Å². The Balaban J connectivity index is 1.85. The summed E-state index contributed by atoms with van der Waals surface area (Å²) in [5, 5.41) is 3.11. The van der Waals surface area contributed by atoms with Crippen LogP contribution in [0, 0.1) is 5.92 Å². The molecule has 1 aromatic heterocycles. The number of hydrogen-bond acceptors (Lipinski definition) is 4. The lowest BCUT2D eigenvalue weighted by molar-refractivity contribution is 0.0946. The number of nitrogens with zero attached hydrogens (tertiary/aromatic N) is 1. The molecular weight excluding hydrogens is 254 g/mol. The maximum absolute atomic E-state index is 11.8. The van der Waals surface area contributed by atoms with Gasteiger partial charge < -0.3 is 15.8 Å². The second-order valence-electron chi connectivity index (χ2n) is 4.34. The number of amides is 1. The standard InChI is InChI=1S/C12H16ClN3O2/c13-9-1-2-10(14)16-11(9)12(17)15-5-3-8-4-6-18-7-8/h1-2,8H,3-7H2,(H2,14,16)(H,15,17). The lowest BCUT2D eigenvalue weighted by Gasteiger charge is -2.09. The molecule has 0 radical (unpaired) electrons. The van der Waals surface area contributed by atoms with Crippen LogP contribution in [0.15, 0.2) is 12.1 Å². The number of anilines is 1. The van der Waals surface area contributed by atoms with Crippen molar-refractivity contribution in [3.63, 3.8) is 0 Å². The lowest BCUT2D eigenvalue weighted by atomic mass is 10.1. The molecule has 1 amide bonds. The van der Waals surface area contributed by atoms with Crippen molar-refractivity contribution in [2.45, 2.75) is 12.8 Å². The number of rotatable bonds is 4. The quantitative estimate of drug-likeness (QED) is 0.868. The van der Waals surface area contributed by atoms with E-state index in [-0.39, 0.29) is 17.4 Å². The molecule has 1 aromatic rings. The van der Waals surface area contributed by atoms with E-state index >= 15 is 0 Å². The highest BCUT2D eigenvalue weighted by atomic mass is 35.5. The van der Waals surface area contributed by atoms with Gasteiger partial charge in [0.05, 0.1) is 5.02 Å². The third-order valence-electron chi connectivity index (χ3n) is 2.94. The summed E-state index contributed by atoms with van der Waals surface area (Å²) in [5.41, 5.74) is 5.71. The van der Waals surface area contributed by atoms with Crippen molar-refractivity contribution in [1.29, 1.82) is 0 Å². The number of pyridine rings is 1. The van der Waals surface area contributed by atoms with Gasteiger partial charge in [-0.05, 0) is 30.9 Å². The Morgan fingerprint density at radius 3 is 3.17 bits per heavy atom. The van der Waals surface area contributed by atoms with Gasteiger partial charge >= 0.3 is 0 Å². The highest BCUT2D eigenvalue weighted by Gasteiger charge is 2.17. The minimum Gasteiger partial charge on any atom is -0.384 e. The minimum atomic E-state index is -0.286. The number of nitrogen functional groups attached to an aromatic ring is 1. The second kappa shape index (κ2) is 6.02. The van der Waals surface area contributed by atoms with Crippen LogP contribution in [-0.4, -0.2) is 30.6 Å². The maximum atomic E-state index is 11.8. The average Bonchev–Trinajstić information content (AvgIpc) is 2.85. The number of nitrogens with two attached hydrogens (primary N) is 1. The first-order valence-corrected chi connectivity index (χ1v) is 6.32. The zero-order chi connectivity index (χ0) is 13.0. The summed E-state index contributed by atoms with van der Waals surface area (Å²) in [4.78, 5) is 15.8. The van der Waals surface area contributed by atoms with Crippen LogP contribution in [0.3, 0.4) is 0 Å². The van der Waals surface area contributed by atoms with E-state index in [9.17, 15) is 4.79 Å². The minimum absolute atomic E-state index is 0.180. The molecule has 1 unspecified atom stereocenters. The van der Waals surface area contributed by atoms with Crippen molar-refractivity contribution in [1.82, 2.24) is 10.3 Å². The summed E-state index contributed by atoms with van der Waals surface area (Å²) >= 11 is 5.90. The van der Waals surface area contributed by atoms with Gasteiger partial charge in [-0.2, -0.15) is 0 Å².